The molecule has 1 heterocycles. The van der Waals surface area contributed by atoms with Crippen molar-refractivity contribution in [3.05, 3.63) is 71.8 Å². The smallest absolute Gasteiger partial charge is 0.254 e. The SMILES string of the molecule is CC(C)(C)[C@H](NC(=O)[C@@H](N)c1ccccc1)C(=O)N[C@@H](Cc1ccccc1)[C@H](O)C(=O)N1CSC(C)(C)[C@H]1C(=O)NCC1CC1. The minimum Gasteiger partial charge on any atom is -0.381 e. The summed E-state index contributed by atoms with van der Waals surface area (Å²) in [6, 6.07) is 14.3. The van der Waals surface area contributed by atoms with Crippen LogP contribution in [-0.4, -0.2) is 75.0 Å². The predicted octanol–water partition coefficient (Wildman–Crippen LogP) is 2.51. The van der Waals surface area contributed by atoms with Crippen molar-refractivity contribution in [3.8, 4) is 0 Å². The molecule has 0 spiro atoms. The van der Waals surface area contributed by atoms with Gasteiger partial charge in [-0.15, -0.1) is 11.8 Å². The van der Waals surface area contributed by atoms with Gasteiger partial charge in [0.15, 0.2) is 6.10 Å². The van der Waals surface area contributed by atoms with E-state index < -0.39 is 58.2 Å². The van der Waals surface area contributed by atoms with E-state index in [-0.39, 0.29) is 18.2 Å². The van der Waals surface area contributed by atoms with Crippen molar-refractivity contribution in [3.63, 3.8) is 0 Å². The average Bonchev–Trinajstić information content (AvgIpc) is 3.78. The third kappa shape index (κ3) is 8.86. The maximum Gasteiger partial charge on any atom is 0.254 e. The molecular weight excluding hydrogens is 590 g/mol. The molecule has 4 amide bonds. The van der Waals surface area contributed by atoms with Crippen molar-refractivity contribution in [2.45, 2.75) is 88.9 Å². The summed E-state index contributed by atoms with van der Waals surface area (Å²) in [7, 11) is 0. The van der Waals surface area contributed by atoms with Crippen LogP contribution >= 0.6 is 11.8 Å². The summed E-state index contributed by atoms with van der Waals surface area (Å²) in [5.41, 5.74) is 6.89. The number of benzene rings is 2. The number of aliphatic hydroxyl groups excluding tert-OH is 1. The van der Waals surface area contributed by atoms with Crippen molar-refractivity contribution in [1.29, 1.82) is 0 Å². The highest BCUT2D eigenvalue weighted by Crippen LogP contribution is 2.40. The number of nitrogens with zero attached hydrogens (tertiary/aromatic N) is 1. The van der Waals surface area contributed by atoms with Crippen LogP contribution in [-0.2, 0) is 25.6 Å². The van der Waals surface area contributed by atoms with Gasteiger partial charge in [0, 0.05) is 11.3 Å². The number of nitrogens with one attached hydrogen (secondary N) is 3. The van der Waals surface area contributed by atoms with E-state index in [9.17, 15) is 24.3 Å². The lowest BCUT2D eigenvalue weighted by Crippen LogP contribution is -2.61. The zero-order valence-corrected chi connectivity index (χ0v) is 27.6. The van der Waals surface area contributed by atoms with Gasteiger partial charge < -0.3 is 31.7 Å². The minimum absolute atomic E-state index is 0.150. The van der Waals surface area contributed by atoms with Crippen LogP contribution in [0.1, 0.15) is 64.6 Å². The second kappa shape index (κ2) is 14.3. The first-order valence-electron chi connectivity index (χ1n) is 15.5. The lowest BCUT2D eigenvalue weighted by molar-refractivity contribution is -0.148. The fourth-order valence-corrected chi connectivity index (χ4v) is 6.65. The predicted molar refractivity (Wildman–Crippen MR) is 176 cm³/mol. The van der Waals surface area contributed by atoms with Crippen LogP contribution in [0.4, 0.5) is 0 Å². The third-order valence-corrected chi connectivity index (χ3v) is 9.83. The maximum absolute atomic E-state index is 13.9. The maximum atomic E-state index is 13.9. The summed E-state index contributed by atoms with van der Waals surface area (Å²) < 4.78 is -0.569. The number of carbonyl (C=O) groups excluding carboxylic acids is 4. The molecule has 2 fully saturated rings. The summed E-state index contributed by atoms with van der Waals surface area (Å²) in [4.78, 5) is 55.8. The van der Waals surface area contributed by atoms with Crippen LogP contribution in [0.15, 0.2) is 60.7 Å². The second-order valence-electron chi connectivity index (χ2n) is 13.7. The molecule has 1 saturated heterocycles. The van der Waals surface area contributed by atoms with E-state index in [0.717, 1.165) is 18.4 Å². The molecule has 11 heteroatoms. The van der Waals surface area contributed by atoms with Crippen LogP contribution in [0.25, 0.3) is 0 Å². The Morgan fingerprint density at radius 1 is 0.978 bits per heavy atom. The van der Waals surface area contributed by atoms with Gasteiger partial charge in [-0.25, -0.2) is 0 Å². The van der Waals surface area contributed by atoms with Gasteiger partial charge in [-0.2, -0.15) is 0 Å². The van der Waals surface area contributed by atoms with E-state index in [2.05, 4.69) is 16.0 Å². The monoisotopic (exact) mass is 637 g/mol. The number of aliphatic hydroxyl groups is 1. The van der Waals surface area contributed by atoms with Crippen molar-refractivity contribution in [2.24, 2.45) is 17.1 Å². The largest absolute Gasteiger partial charge is 0.381 e. The van der Waals surface area contributed by atoms with Gasteiger partial charge in [0.25, 0.3) is 5.91 Å². The Morgan fingerprint density at radius 2 is 1.58 bits per heavy atom. The van der Waals surface area contributed by atoms with Crippen molar-refractivity contribution in [1.82, 2.24) is 20.9 Å². The van der Waals surface area contributed by atoms with E-state index in [1.54, 1.807) is 24.3 Å². The van der Waals surface area contributed by atoms with Gasteiger partial charge in [-0.05, 0) is 55.6 Å². The quantitative estimate of drug-likeness (QED) is 0.240. The Bertz CT molecular complexity index is 1350. The molecule has 1 aliphatic carbocycles. The number of nitrogens with two attached hydrogens (primary N) is 1. The van der Waals surface area contributed by atoms with Crippen LogP contribution in [0.5, 0.6) is 0 Å². The van der Waals surface area contributed by atoms with Crippen molar-refractivity contribution >= 4 is 35.4 Å². The molecular formula is C34H47N5O5S. The van der Waals surface area contributed by atoms with E-state index >= 15 is 0 Å². The van der Waals surface area contributed by atoms with Gasteiger partial charge in [-0.3, -0.25) is 19.2 Å². The summed E-state index contributed by atoms with van der Waals surface area (Å²) in [5.74, 6) is -1.25. The zero-order chi connectivity index (χ0) is 32.9. The zero-order valence-electron chi connectivity index (χ0n) is 26.8. The van der Waals surface area contributed by atoms with Crippen LogP contribution in [0.3, 0.4) is 0 Å². The lowest BCUT2D eigenvalue weighted by Gasteiger charge is -2.35. The molecule has 2 aromatic rings. The third-order valence-electron chi connectivity index (χ3n) is 8.46. The van der Waals surface area contributed by atoms with Crippen molar-refractivity contribution in [2.75, 3.05) is 12.4 Å². The summed E-state index contributed by atoms with van der Waals surface area (Å²) in [6.45, 7) is 9.84. The Balaban J connectivity index is 1.55. The number of carbonyl (C=O) groups is 4. The van der Waals surface area contributed by atoms with Gasteiger partial charge in [0.05, 0.1) is 11.9 Å². The number of hydrogen-bond donors (Lipinski definition) is 5. The fraction of sp³-hybridized carbons (Fsp3) is 0.529. The van der Waals surface area contributed by atoms with Gasteiger partial charge in [0.2, 0.25) is 17.7 Å². The summed E-state index contributed by atoms with van der Waals surface area (Å²) >= 11 is 1.47. The van der Waals surface area contributed by atoms with Gasteiger partial charge in [0.1, 0.15) is 18.1 Å². The molecule has 0 radical (unpaired) electrons. The van der Waals surface area contributed by atoms with Crippen molar-refractivity contribution < 1.29 is 24.3 Å². The molecule has 0 bridgehead atoms. The number of thioether (sulfide) groups is 1. The first-order valence-corrected chi connectivity index (χ1v) is 16.5. The van der Waals surface area contributed by atoms with Gasteiger partial charge in [-0.1, -0.05) is 81.4 Å². The molecule has 10 nitrogen and oxygen atoms in total. The van der Waals surface area contributed by atoms with E-state index in [0.29, 0.717) is 18.0 Å². The molecule has 4 rings (SSSR count). The second-order valence-corrected chi connectivity index (χ2v) is 15.3. The Labute approximate surface area is 270 Å². The highest BCUT2D eigenvalue weighted by molar-refractivity contribution is 8.00. The minimum atomic E-state index is -1.65. The summed E-state index contributed by atoms with van der Waals surface area (Å²) in [5, 5.41) is 20.3. The number of amides is 4. The van der Waals surface area contributed by atoms with E-state index in [1.165, 1.54) is 16.7 Å². The highest BCUT2D eigenvalue weighted by Gasteiger charge is 2.50. The first kappa shape index (κ1) is 34.5. The number of hydrogen-bond acceptors (Lipinski definition) is 7. The molecule has 1 saturated carbocycles. The normalized spacial score (nSPS) is 20.4. The molecule has 0 unspecified atom stereocenters. The fourth-order valence-electron chi connectivity index (χ4n) is 5.51. The molecule has 45 heavy (non-hydrogen) atoms. The Kier molecular flexibility index (Phi) is 11.0. The van der Waals surface area contributed by atoms with E-state index in [1.807, 2.05) is 71.0 Å². The Hall–Kier alpha value is -3.41. The summed E-state index contributed by atoms with van der Waals surface area (Å²) in [6.07, 6.45) is 0.667. The highest BCUT2D eigenvalue weighted by atomic mass is 32.2. The molecule has 0 aromatic heterocycles. The van der Waals surface area contributed by atoms with Crippen LogP contribution in [0, 0.1) is 11.3 Å². The molecule has 2 aromatic carbocycles. The van der Waals surface area contributed by atoms with Crippen LogP contribution < -0.4 is 21.7 Å². The average molecular weight is 638 g/mol. The number of rotatable bonds is 12. The standard InChI is InChI=1S/C34H47N5O5S/c1-33(2,3)27(38-29(41)25(35)23-14-10-7-11-15-23)30(42)37-24(18-21-12-8-6-9-13-21)26(40)32(44)39-20-45-34(4,5)28(39)31(43)36-19-22-16-17-22/h6-15,22,24-28,40H,16-20,35H2,1-5H3,(H,36,43)(H,37,42)(H,38,41)/t24-,25-,26-,27+,28+/m0/s1. The van der Waals surface area contributed by atoms with Gasteiger partial charge >= 0.3 is 0 Å². The Morgan fingerprint density at radius 3 is 2.16 bits per heavy atom. The van der Waals surface area contributed by atoms with Crippen LogP contribution in [0.2, 0.25) is 0 Å². The molecule has 244 valence electrons. The molecule has 6 N–H and O–H groups in total. The van der Waals surface area contributed by atoms with E-state index in [4.69, 9.17) is 5.73 Å². The molecule has 1 aliphatic heterocycles. The first-order chi connectivity index (χ1) is 21.2. The molecule has 5 atom stereocenters. The molecule has 2 aliphatic rings. The lowest BCUT2D eigenvalue weighted by atomic mass is 9.85. The topological polar surface area (TPSA) is 154 Å².